The summed E-state index contributed by atoms with van der Waals surface area (Å²) in [5, 5.41) is 13.0. The number of esters is 1. The zero-order valence-electron chi connectivity index (χ0n) is 23.1. The van der Waals surface area contributed by atoms with Gasteiger partial charge in [-0.3, -0.25) is 13.9 Å². The summed E-state index contributed by atoms with van der Waals surface area (Å²) in [7, 11) is -4.60. The van der Waals surface area contributed by atoms with E-state index in [1.165, 1.54) is 19.1 Å². The molecule has 0 aliphatic carbocycles. The second-order valence-corrected chi connectivity index (χ2v) is 11.1. The van der Waals surface area contributed by atoms with Gasteiger partial charge in [-0.25, -0.2) is 13.8 Å². The Morgan fingerprint density at radius 1 is 1.41 bits per heavy atom. The molecule has 1 fully saturated rings. The SMILES string of the molecule is [2H]C([2H])(O[P@@](=O)(C[C@@H](C)C(=O)OC(C)C)Oc1ccccc1)[C@H]1O[C@@H](n2cc(F)c(N)nc2=O)C(N)(C#CCl)[C@H]1O. The van der Waals surface area contributed by atoms with Crippen LogP contribution in [-0.4, -0.2) is 57.2 Å². The molecule has 5 N–H and O–H groups in total. The van der Waals surface area contributed by atoms with Crippen molar-refractivity contribution in [3.63, 3.8) is 0 Å². The number of hydrogen-bond acceptors (Lipinski definition) is 11. The molecule has 12 nitrogen and oxygen atoms in total. The van der Waals surface area contributed by atoms with Gasteiger partial charge in [-0.05, 0) is 37.6 Å². The molecule has 0 amide bonds. The lowest BCUT2D eigenvalue weighted by molar-refractivity contribution is -0.151. The van der Waals surface area contributed by atoms with E-state index >= 15 is 0 Å². The van der Waals surface area contributed by atoms with Crippen LogP contribution in [0.15, 0.2) is 41.3 Å². The summed E-state index contributed by atoms with van der Waals surface area (Å²) in [6.07, 6.45) is -6.60. The van der Waals surface area contributed by atoms with Crippen LogP contribution in [0.25, 0.3) is 0 Å². The molecule has 0 bridgehead atoms. The minimum atomic E-state index is -4.60. The first-order chi connectivity index (χ1) is 19.0. The fourth-order valence-electron chi connectivity index (χ4n) is 3.58. The van der Waals surface area contributed by atoms with E-state index in [0.717, 1.165) is 0 Å². The van der Waals surface area contributed by atoms with Gasteiger partial charge in [0, 0.05) is 5.38 Å². The van der Waals surface area contributed by atoms with Crippen molar-refractivity contribution in [3.8, 4) is 17.0 Å². The maximum atomic E-state index is 14.2. The normalized spacial score (nSPS) is 26.0. The number of carbonyl (C=O) groups excluding carboxylic acids is 1. The number of anilines is 1. The first-order valence-electron chi connectivity index (χ1n) is 12.6. The quantitative estimate of drug-likeness (QED) is 0.210. The van der Waals surface area contributed by atoms with E-state index in [1.807, 2.05) is 5.38 Å². The monoisotopic (exact) mass is 588 g/mol. The largest absolute Gasteiger partial charge is 0.463 e. The van der Waals surface area contributed by atoms with Gasteiger partial charge >= 0.3 is 19.3 Å². The minimum Gasteiger partial charge on any atom is -0.463 e. The molecule has 3 rings (SSSR count). The van der Waals surface area contributed by atoms with Crippen LogP contribution < -0.4 is 21.7 Å². The van der Waals surface area contributed by atoms with Crippen molar-refractivity contribution in [1.29, 1.82) is 0 Å². The van der Waals surface area contributed by atoms with E-state index in [4.69, 9.17) is 44.3 Å². The number of halogens is 2. The number of benzene rings is 1. The Morgan fingerprint density at radius 2 is 2.08 bits per heavy atom. The topological polar surface area (TPSA) is 178 Å². The summed E-state index contributed by atoms with van der Waals surface area (Å²) < 4.78 is 67.6. The predicted molar refractivity (Wildman–Crippen MR) is 139 cm³/mol. The summed E-state index contributed by atoms with van der Waals surface area (Å²) in [5.74, 6) is -1.42. The number of nitrogens with two attached hydrogens (primary N) is 2. The predicted octanol–water partition coefficient (Wildman–Crippen LogP) is 2.00. The number of aliphatic hydroxyl groups excluding tert-OH is 1. The second-order valence-electron chi connectivity index (χ2n) is 8.96. The molecule has 0 radical (unpaired) electrons. The first-order valence-corrected chi connectivity index (χ1v) is 13.7. The third-order valence-corrected chi connectivity index (χ3v) is 7.42. The Hall–Kier alpha value is -2.98. The number of carbonyl (C=O) groups is 1. The van der Waals surface area contributed by atoms with Crippen molar-refractivity contribution in [1.82, 2.24) is 9.55 Å². The molecule has 212 valence electrons. The third kappa shape index (κ3) is 7.16. The Kier molecular flexibility index (Phi) is 8.82. The van der Waals surface area contributed by atoms with Crippen molar-refractivity contribution in [2.24, 2.45) is 11.7 Å². The molecular formula is C24H29ClFN4O8P. The van der Waals surface area contributed by atoms with Gasteiger partial charge < -0.3 is 30.6 Å². The molecule has 2 heterocycles. The van der Waals surface area contributed by atoms with E-state index in [9.17, 15) is 23.7 Å². The standard InChI is InChI=1S/C24H29ClFN4O8P/c1-14(2)36-21(32)15(3)13-39(34,38-16-7-5-4-6-8-16)35-12-18-19(31)24(28,9-10-25)22(37-18)30-11-17(26)20(27)29-23(30)33/h4-8,11,14-15,18-19,22,31H,12-13,28H2,1-3H3,(H2,27,29,33)/t15-,18-,19+,22-,24?,39+/m1/s1/i12D2. The second kappa shape index (κ2) is 12.5. The number of aliphatic hydroxyl groups is 1. The van der Waals surface area contributed by atoms with Crippen LogP contribution in [0.5, 0.6) is 5.75 Å². The maximum Gasteiger partial charge on any atom is 0.380 e. The molecule has 1 aliphatic rings. The van der Waals surface area contributed by atoms with Crippen LogP contribution in [-0.2, 0) is 23.4 Å². The van der Waals surface area contributed by atoms with E-state index in [-0.39, 0.29) is 5.75 Å². The lowest BCUT2D eigenvalue weighted by atomic mass is 9.92. The van der Waals surface area contributed by atoms with Crippen molar-refractivity contribution in [3.05, 3.63) is 52.8 Å². The fourth-order valence-corrected chi connectivity index (χ4v) is 5.46. The number of hydrogen-bond donors (Lipinski definition) is 3. The molecule has 1 unspecified atom stereocenters. The average molecular weight is 589 g/mol. The lowest BCUT2D eigenvalue weighted by Crippen LogP contribution is -2.55. The van der Waals surface area contributed by atoms with E-state index in [2.05, 4.69) is 10.9 Å². The highest BCUT2D eigenvalue weighted by Gasteiger charge is 2.55. The number of para-hydroxylation sites is 1. The van der Waals surface area contributed by atoms with Gasteiger partial charge in [0.1, 0.15) is 18.0 Å². The highest BCUT2D eigenvalue weighted by atomic mass is 35.5. The Bertz CT molecular complexity index is 1440. The van der Waals surface area contributed by atoms with Gasteiger partial charge in [0.25, 0.3) is 0 Å². The van der Waals surface area contributed by atoms with Crippen LogP contribution >= 0.6 is 19.2 Å². The zero-order valence-corrected chi connectivity index (χ0v) is 22.8. The number of ether oxygens (including phenoxy) is 2. The molecule has 0 spiro atoms. The number of rotatable bonds is 10. The minimum absolute atomic E-state index is 0.0259. The van der Waals surface area contributed by atoms with Crippen LogP contribution in [0.2, 0.25) is 0 Å². The highest BCUT2D eigenvalue weighted by Crippen LogP contribution is 2.51. The Labute approximate surface area is 231 Å². The molecule has 15 heteroatoms. The van der Waals surface area contributed by atoms with Gasteiger partial charge in [-0.1, -0.05) is 31.0 Å². The highest BCUT2D eigenvalue weighted by molar-refractivity contribution is 7.54. The summed E-state index contributed by atoms with van der Waals surface area (Å²) in [4.78, 5) is 28.3. The molecule has 1 aromatic carbocycles. The number of nitrogens with zero attached hydrogens (tertiary/aromatic N) is 2. The lowest BCUT2D eigenvalue weighted by Gasteiger charge is -2.27. The van der Waals surface area contributed by atoms with Crippen LogP contribution in [0.4, 0.5) is 10.2 Å². The van der Waals surface area contributed by atoms with E-state index in [1.54, 1.807) is 32.0 Å². The van der Waals surface area contributed by atoms with Gasteiger partial charge in [-0.15, -0.1) is 0 Å². The van der Waals surface area contributed by atoms with Crippen LogP contribution in [0.3, 0.4) is 0 Å². The van der Waals surface area contributed by atoms with E-state index < -0.39 is 79.6 Å². The maximum absolute atomic E-state index is 14.2. The van der Waals surface area contributed by atoms with E-state index in [0.29, 0.717) is 10.8 Å². The molecule has 2 aromatic rings. The van der Waals surface area contributed by atoms with Crippen LogP contribution in [0.1, 0.15) is 29.7 Å². The molecule has 1 saturated heterocycles. The number of aromatic nitrogens is 2. The van der Waals surface area contributed by atoms with Gasteiger partial charge in [0.15, 0.2) is 23.4 Å². The first kappa shape index (κ1) is 27.6. The average Bonchev–Trinajstić information content (AvgIpc) is 3.12. The van der Waals surface area contributed by atoms with Crippen molar-refractivity contribution >= 4 is 31.0 Å². The molecule has 0 saturated carbocycles. The summed E-state index contributed by atoms with van der Waals surface area (Å²) in [5.41, 5.74) is 8.07. The summed E-state index contributed by atoms with van der Waals surface area (Å²) in [6, 6.07) is 7.62. The fraction of sp³-hybridized carbons (Fsp3) is 0.458. The summed E-state index contributed by atoms with van der Waals surface area (Å²) >= 11 is 5.53. The van der Waals surface area contributed by atoms with Crippen LogP contribution in [0, 0.1) is 23.0 Å². The molecule has 6 atom stereocenters. The van der Waals surface area contributed by atoms with Crippen molar-refractivity contribution < 1.29 is 40.1 Å². The van der Waals surface area contributed by atoms with Gasteiger partial charge in [-0.2, -0.15) is 4.98 Å². The molecule has 1 aliphatic heterocycles. The molecular weight excluding hydrogens is 558 g/mol. The Morgan fingerprint density at radius 3 is 2.69 bits per heavy atom. The Balaban J connectivity index is 2.01. The van der Waals surface area contributed by atoms with Crippen molar-refractivity contribution in [2.75, 3.05) is 18.5 Å². The smallest absolute Gasteiger partial charge is 0.380 e. The zero-order chi connectivity index (χ0) is 30.8. The molecule has 1 aromatic heterocycles. The number of nitrogen functional groups attached to an aromatic ring is 1. The van der Waals surface area contributed by atoms with Gasteiger partial charge in [0.2, 0.25) is 0 Å². The third-order valence-electron chi connectivity index (χ3n) is 5.46. The summed E-state index contributed by atoms with van der Waals surface area (Å²) in [6.45, 7) is 1.44. The van der Waals surface area contributed by atoms with Gasteiger partial charge in [0.05, 0.1) is 33.7 Å². The van der Waals surface area contributed by atoms with Crippen molar-refractivity contribution in [2.45, 2.75) is 50.8 Å². The molecule has 39 heavy (non-hydrogen) atoms.